The smallest absolute Gasteiger partial charge is 0.325 e. The standard InChI is InChI=1S/C16H16BrIN4O3/c1-8(23)21-16(24)22-9-5-11(17)15(12(18)6-9)25-10-3-4-13(19)14(7-10)20-2/h3-7,20H,19H2,1-2H3,(H2,21,22,23,24). The monoisotopic (exact) mass is 518 g/mol. The van der Waals surface area contributed by atoms with E-state index in [1.54, 1.807) is 37.4 Å². The Hall–Kier alpha value is -2.01. The van der Waals surface area contributed by atoms with E-state index in [1.807, 2.05) is 0 Å². The van der Waals surface area contributed by atoms with E-state index < -0.39 is 11.9 Å². The summed E-state index contributed by atoms with van der Waals surface area (Å²) in [5.74, 6) is 0.784. The number of nitrogens with two attached hydrogens (primary N) is 1. The Morgan fingerprint density at radius 3 is 2.56 bits per heavy atom. The fourth-order valence-electron chi connectivity index (χ4n) is 1.99. The van der Waals surface area contributed by atoms with Crippen molar-refractivity contribution in [1.29, 1.82) is 0 Å². The zero-order chi connectivity index (χ0) is 18.6. The molecule has 0 bridgehead atoms. The minimum atomic E-state index is -0.596. The number of rotatable bonds is 4. The number of urea groups is 1. The van der Waals surface area contributed by atoms with Gasteiger partial charge in [-0.15, -0.1) is 0 Å². The number of amides is 3. The molecule has 2 rings (SSSR count). The number of carbonyl (C=O) groups excluding carboxylic acids is 2. The normalized spacial score (nSPS) is 10.1. The minimum absolute atomic E-state index is 0.435. The van der Waals surface area contributed by atoms with E-state index >= 15 is 0 Å². The number of hydrogen-bond acceptors (Lipinski definition) is 5. The third-order valence-corrected chi connectivity index (χ3v) is 4.45. The average Bonchev–Trinajstić information content (AvgIpc) is 2.51. The molecule has 9 heteroatoms. The van der Waals surface area contributed by atoms with Gasteiger partial charge in [0, 0.05) is 25.7 Å². The summed E-state index contributed by atoms with van der Waals surface area (Å²) in [5, 5.41) is 7.73. The summed E-state index contributed by atoms with van der Waals surface area (Å²) in [5.41, 5.74) is 7.77. The van der Waals surface area contributed by atoms with Crippen LogP contribution in [0.3, 0.4) is 0 Å². The number of ether oxygens (including phenoxy) is 1. The molecule has 0 saturated carbocycles. The molecule has 25 heavy (non-hydrogen) atoms. The van der Waals surface area contributed by atoms with Gasteiger partial charge in [0.1, 0.15) is 5.75 Å². The van der Waals surface area contributed by atoms with E-state index in [0.717, 1.165) is 9.26 Å². The van der Waals surface area contributed by atoms with Crippen LogP contribution in [-0.2, 0) is 4.79 Å². The Morgan fingerprint density at radius 1 is 1.24 bits per heavy atom. The fourth-order valence-corrected chi connectivity index (χ4v) is 3.63. The maximum absolute atomic E-state index is 11.6. The number of nitrogen functional groups attached to an aromatic ring is 1. The maximum atomic E-state index is 11.6. The van der Waals surface area contributed by atoms with Crippen molar-refractivity contribution in [2.24, 2.45) is 0 Å². The van der Waals surface area contributed by atoms with Crippen LogP contribution in [0.2, 0.25) is 0 Å². The van der Waals surface area contributed by atoms with Gasteiger partial charge in [-0.25, -0.2) is 4.79 Å². The molecule has 0 atom stereocenters. The van der Waals surface area contributed by atoms with Crippen LogP contribution < -0.4 is 26.4 Å². The Morgan fingerprint density at radius 2 is 1.96 bits per heavy atom. The predicted octanol–water partition coefficient (Wildman–Crippen LogP) is 4.14. The van der Waals surface area contributed by atoms with E-state index in [0.29, 0.717) is 27.3 Å². The van der Waals surface area contributed by atoms with Crippen molar-refractivity contribution in [1.82, 2.24) is 5.32 Å². The molecule has 0 aliphatic heterocycles. The number of carbonyl (C=O) groups is 2. The first-order valence-electron chi connectivity index (χ1n) is 7.13. The third-order valence-electron chi connectivity index (χ3n) is 3.06. The molecule has 7 nitrogen and oxygen atoms in total. The van der Waals surface area contributed by atoms with Crippen molar-refractivity contribution in [3.05, 3.63) is 38.4 Å². The first-order valence-corrected chi connectivity index (χ1v) is 9.00. The van der Waals surface area contributed by atoms with Crippen LogP contribution in [-0.4, -0.2) is 19.0 Å². The van der Waals surface area contributed by atoms with Gasteiger partial charge in [0.25, 0.3) is 0 Å². The summed E-state index contributed by atoms with van der Waals surface area (Å²) in [4.78, 5) is 22.5. The van der Waals surface area contributed by atoms with Crippen LogP contribution in [0.4, 0.5) is 21.9 Å². The molecule has 0 unspecified atom stereocenters. The molecule has 0 saturated heterocycles. The summed E-state index contributed by atoms with van der Waals surface area (Å²) < 4.78 is 7.35. The molecule has 0 fully saturated rings. The van der Waals surface area contributed by atoms with E-state index in [4.69, 9.17) is 10.5 Å². The lowest BCUT2D eigenvalue weighted by Gasteiger charge is -2.14. The van der Waals surface area contributed by atoms with Crippen molar-refractivity contribution in [3.63, 3.8) is 0 Å². The summed E-state index contributed by atoms with van der Waals surface area (Å²) in [6.07, 6.45) is 0. The summed E-state index contributed by atoms with van der Waals surface area (Å²) >= 11 is 5.54. The largest absolute Gasteiger partial charge is 0.455 e. The molecule has 2 aromatic carbocycles. The zero-order valence-corrected chi connectivity index (χ0v) is 17.2. The Kier molecular flexibility index (Phi) is 6.48. The van der Waals surface area contributed by atoms with Crippen molar-refractivity contribution >= 4 is 67.5 Å². The maximum Gasteiger partial charge on any atom is 0.325 e. The second-order valence-electron chi connectivity index (χ2n) is 5.01. The van der Waals surface area contributed by atoms with Crippen molar-refractivity contribution in [3.8, 4) is 11.5 Å². The quantitative estimate of drug-likeness (QED) is 0.359. The molecule has 0 aromatic heterocycles. The number of benzene rings is 2. The van der Waals surface area contributed by atoms with Gasteiger partial charge in [-0.05, 0) is 62.8 Å². The van der Waals surface area contributed by atoms with Gasteiger partial charge in [0.05, 0.1) is 19.4 Å². The first kappa shape index (κ1) is 19.3. The topological polar surface area (TPSA) is 105 Å². The molecule has 2 aromatic rings. The van der Waals surface area contributed by atoms with Gasteiger partial charge >= 0.3 is 6.03 Å². The molecule has 0 heterocycles. The van der Waals surface area contributed by atoms with Gasteiger partial charge in [-0.3, -0.25) is 10.1 Å². The van der Waals surface area contributed by atoms with Crippen LogP contribution in [0.25, 0.3) is 0 Å². The Balaban J connectivity index is 2.22. The molecular weight excluding hydrogens is 503 g/mol. The fraction of sp³-hybridized carbons (Fsp3) is 0.125. The van der Waals surface area contributed by atoms with Crippen LogP contribution in [0.5, 0.6) is 11.5 Å². The second-order valence-corrected chi connectivity index (χ2v) is 7.02. The van der Waals surface area contributed by atoms with Crippen molar-refractivity contribution in [2.75, 3.05) is 23.4 Å². The first-order chi connectivity index (χ1) is 11.8. The van der Waals surface area contributed by atoms with E-state index in [9.17, 15) is 9.59 Å². The van der Waals surface area contributed by atoms with Crippen molar-refractivity contribution in [2.45, 2.75) is 6.92 Å². The van der Waals surface area contributed by atoms with Crippen molar-refractivity contribution < 1.29 is 14.3 Å². The Labute approximate surface area is 167 Å². The lowest BCUT2D eigenvalue weighted by atomic mass is 10.2. The highest BCUT2D eigenvalue weighted by Gasteiger charge is 2.13. The predicted molar refractivity (Wildman–Crippen MR) is 110 cm³/mol. The van der Waals surface area contributed by atoms with Crippen LogP contribution in [0.15, 0.2) is 34.8 Å². The van der Waals surface area contributed by atoms with Crippen LogP contribution in [0, 0.1) is 3.57 Å². The van der Waals surface area contributed by atoms with Crippen LogP contribution in [0.1, 0.15) is 6.92 Å². The van der Waals surface area contributed by atoms with Gasteiger partial charge < -0.3 is 21.1 Å². The minimum Gasteiger partial charge on any atom is -0.455 e. The molecule has 132 valence electrons. The van der Waals surface area contributed by atoms with E-state index in [1.165, 1.54) is 6.92 Å². The highest BCUT2D eigenvalue weighted by atomic mass is 127. The lowest BCUT2D eigenvalue weighted by molar-refractivity contribution is -0.117. The third kappa shape index (κ3) is 5.23. The highest BCUT2D eigenvalue weighted by Crippen LogP contribution is 2.38. The van der Waals surface area contributed by atoms with Crippen LogP contribution >= 0.6 is 38.5 Å². The summed E-state index contributed by atoms with van der Waals surface area (Å²) in [6.45, 7) is 1.27. The van der Waals surface area contributed by atoms with E-state index in [2.05, 4.69) is 54.5 Å². The molecule has 0 spiro atoms. The van der Waals surface area contributed by atoms with Gasteiger partial charge in [0.15, 0.2) is 5.75 Å². The highest BCUT2D eigenvalue weighted by molar-refractivity contribution is 14.1. The number of nitrogens with one attached hydrogen (secondary N) is 3. The molecule has 3 amide bonds. The molecule has 0 aliphatic rings. The SMILES string of the molecule is CNc1cc(Oc2c(Br)cc(NC(=O)NC(C)=O)cc2I)ccc1N. The van der Waals surface area contributed by atoms with Gasteiger partial charge in [-0.1, -0.05) is 0 Å². The number of halogens is 2. The number of anilines is 3. The number of imide groups is 1. The van der Waals surface area contributed by atoms with Gasteiger partial charge in [-0.2, -0.15) is 0 Å². The number of hydrogen-bond donors (Lipinski definition) is 4. The molecule has 0 radical (unpaired) electrons. The molecule has 5 N–H and O–H groups in total. The average molecular weight is 519 g/mol. The molecular formula is C16H16BrIN4O3. The molecule has 0 aliphatic carbocycles. The van der Waals surface area contributed by atoms with Gasteiger partial charge in [0.2, 0.25) is 5.91 Å². The summed E-state index contributed by atoms with van der Waals surface area (Å²) in [7, 11) is 1.78. The Bertz CT molecular complexity index is 806. The lowest BCUT2D eigenvalue weighted by Crippen LogP contribution is -2.32. The summed E-state index contributed by atoms with van der Waals surface area (Å²) in [6, 6.07) is 8.14. The zero-order valence-electron chi connectivity index (χ0n) is 13.4. The second kappa shape index (κ2) is 8.39. The van der Waals surface area contributed by atoms with E-state index in [-0.39, 0.29) is 0 Å².